The van der Waals surface area contributed by atoms with Gasteiger partial charge < -0.3 is 9.15 Å². The summed E-state index contributed by atoms with van der Waals surface area (Å²) in [6.07, 6.45) is 3.69. The van der Waals surface area contributed by atoms with E-state index in [4.69, 9.17) is 9.15 Å². The first-order valence-corrected chi connectivity index (χ1v) is 11.1. The Morgan fingerprint density at radius 2 is 1.91 bits per heavy atom. The second-order valence-electron chi connectivity index (χ2n) is 8.22. The van der Waals surface area contributed by atoms with E-state index in [1.54, 1.807) is 41.4 Å². The van der Waals surface area contributed by atoms with Crippen molar-refractivity contribution in [3.05, 3.63) is 99.5 Å². The number of anilines is 1. The van der Waals surface area contributed by atoms with E-state index in [-0.39, 0.29) is 17.1 Å². The van der Waals surface area contributed by atoms with Crippen molar-refractivity contribution in [2.24, 2.45) is 0 Å². The van der Waals surface area contributed by atoms with E-state index in [1.807, 2.05) is 37.3 Å². The molecule has 4 aromatic rings. The van der Waals surface area contributed by atoms with Crippen molar-refractivity contribution >= 4 is 22.7 Å². The fourth-order valence-electron chi connectivity index (χ4n) is 4.18. The van der Waals surface area contributed by atoms with Crippen LogP contribution in [0.5, 0.6) is 5.75 Å². The second-order valence-corrected chi connectivity index (χ2v) is 8.22. The summed E-state index contributed by atoms with van der Waals surface area (Å²) in [6, 6.07) is 17.6. The second kappa shape index (κ2) is 8.54. The predicted molar refractivity (Wildman–Crippen MR) is 127 cm³/mol. The number of aryl methyl sites for hydroxylation is 1. The molecular formula is C27H24N2O4. The van der Waals surface area contributed by atoms with E-state index in [0.717, 1.165) is 24.0 Å². The molecule has 0 saturated heterocycles. The highest BCUT2D eigenvalue weighted by atomic mass is 16.5. The Morgan fingerprint density at radius 3 is 2.70 bits per heavy atom. The Bertz CT molecular complexity index is 1390. The molecule has 2 aromatic carbocycles. The number of rotatable bonds is 6. The van der Waals surface area contributed by atoms with Crippen molar-refractivity contribution in [2.75, 3.05) is 11.5 Å². The summed E-state index contributed by atoms with van der Waals surface area (Å²) < 4.78 is 11.9. The molecule has 2 aromatic heterocycles. The minimum atomic E-state index is -0.668. The van der Waals surface area contributed by atoms with Crippen LogP contribution in [0.25, 0.3) is 11.0 Å². The minimum absolute atomic E-state index is 0.0587. The predicted octanol–water partition coefficient (Wildman–Crippen LogP) is 5.43. The number of benzene rings is 2. The first kappa shape index (κ1) is 20.9. The fourth-order valence-corrected chi connectivity index (χ4v) is 4.18. The number of para-hydroxylation sites is 1. The third-order valence-corrected chi connectivity index (χ3v) is 5.86. The van der Waals surface area contributed by atoms with Gasteiger partial charge in [0.05, 0.1) is 23.6 Å². The highest BCUT2D eigenvalue weighted by Gasteiger charge is 2.44. The van der Waals surface area contributed by atoms with Gasteiger partial charge in [-0.3, -0.25) is 14.5 Å². The molecule has 5 rings (SSSR count). The van der Waals surface area contributed by atoms with E-state index in [2.05, 4.69) is 11.9 Å². The number of ether oxygens (including phenoxy) is 1. The van der Waals surface area contributed by atoms with Crippen LogP contribution >= 0.6 is 0 Å². The standard InChI is InChI=1S/C27H24N2O4/c1-3-4-14-32-19-9-7-8-18(15-19)24-23-25(30)20-10-5-6-11-21(20)33-26(23)27(31)29(24)22-13-12-17(2)16-28-22/h5-13,15-16,24H,3-4,14H2,1-2H3/t24-/m1/s1. The van der Waals surface area contributed by atoms with Crippen molar-refractivity contribution < 1.29 is 13.9 Å². The molecule has 0 bridgehead atoms. The summed E-state index contributed by atoms with van der Waals surface area (Å²) >= 11 is 0. The molecule has 3 heterocycles. The number of hydrogen-bond acceptors (Lipinski definition) is 5. The summed E-state index contributed by atoms with van der Waals surface area (Å²) in [7, 11) is 0. The van der Waals surface area contributed by atoms with Crippen LogP contribution in [0.4, 0.5) is 5.82 Å². The normalized spacial score (nSPS) is 15.2. The van der Waals surface area contributed by atoms with Gasteiger partial charge in [-0.25, -0.2) is 4.98 Å². The summed E-state index contributed by atoms with van der Waals surface area (Å²) in [5, 5.41) is 0.447. The molecule has 0 saturated carbocycles. The average molecular weight is 440 g/mol. The summed E-state index contributed by atoms with van der Waals surface area (Å²) in [4.78, 5) is 33.2. The first-order valence-electron chi connectivity index (χ1n) is 11.1. The van der Waals surface area contributed by atoms with Crippen molar-refractivity contribution in [2.45, 2.75) is 32.7 Å². The van der Waals surface area contributed by atoms with E-state index in [0.29, 0.717) is 34.7 Å². The Balaban J connectivity index is 1.70. The summed E-state index contributed by atoms with van der Waals surface area (Å²) in [5.74, 6) is 0.835. The van der Waals surface area contributed by atoms with Gasteiger partial charge in [-0.05, 0) is 54.8 Å². The van der Waals surface area contributed by atoms with E-state index in [1.165, 1.54) is 0 Å². The quantitative estimate of drug-likeness (QED) is 0.374. The summed E-state index contributed by atoms with van der Waals surface area (Å²) in [6.45, 7) is 4.65. The third kappa shape index (κ3) is 3.67. The van der Waals surface area contributed by atoms with Crippen LogP contribution in [0.3, 0.4) is 0 Å². The van der Waals surface area contributed by atoms with Crippen molar-refractivity contribution in [3.63, 3.8) is 0 Å². The van der Waals surface area contributed by atoms with Crippen molar-refractivity contribution in [1.29, 1.82) is 0 Å². The van der Waals surface area contributed by atoms with Gasteiger partial charge in [0.15, 0.2) is 5.43 Å². The Morgan fingerprint density at radius 1 is 1.06 bits per heavy atom. The van der Waals surface area contributed by atoms with Gasteiger partial charge in [0.2, 0.25) is 5.76 Å². The molecule has 1 aliphatic heterocycles. The summed E-state index contributed by atoms with van der Waals surface area (Å²) in [5.41, 5.74) is 2.25. The molecular weight excluding hydrogens is 416 g/mol. The Labute approximate surface area is 191 Å². The zero-order valence-electron chi connectivity index (χ0n) is 18.6. The maximum absolute atomic E-state index is 13.6. The molecule has 6 heteroatoms. The van der Waals surface area contributed by atoms with Crippen LogP contribution in [-0.4, -0.2) is 17.5 Å². The van der Waals surface area contributed by atoms with Crippen LogP contribution < -0.4 is 15.1 Å². The highest BCUT2D eigenvalue weighted by Crippen LogP contribution is 2.41. The number of fused-ring (bicyclic) bond motifs is 2. The number of carbonyl (C=O) groups is 1. The van der Waals surface area contributed by atoms with Crippen LogP contribution in [0.1, 0.15) is 53.1 Å². The van der Waals surface area contributed by atoms with E-state index < -0.39 is 6.04 Å². The van der Waals surface area contributed by atoms with Crippen LogP contribution in [0, 0.1) is 6.92 Å². The zero-order valence-corrected chi connectivity index (χ0v) is 18.6. The Hall–Kier alpha value is -3.93. The molecule has 1 amide bonds. The van der Waals surface area contributed by atoms with Gasteiger partial charge in [0, 0.05) is 6.20 Å². The lowest BCUT2D eigenvalue weighted by molar-refractivity contribution is 0.0970. The molecule has 0 unspecified atom stereocenters. The first-order chi connectivity index (χ1) is 16.1. The fraction of sp³-hybridized carbons (Fsp3) is 0.222. The van der Waals surface area contributed by atoms with Crippen molar-refractivity contribution in [3.8, 4) is 5.75 Å². The van der Waals surface area contributed by atoms with Gasteiger partial charge in [-0.15, -0.1) is 0 Å². The molecule has 0 N–H and O–H groups in total. The molecule has 0 fully saturated rings. The molecule has 0 aliphatic carbocycles. The number of pyridine rings is 1. The highest BCUT2D eigenvalue weighted by molar-refractivity contribution is 6.10. The van der Waals surface area contributed by atoms with Gasteiger partial charge in [0.1, 0.15) is 17.2 Å². The number of amides is 1. The number of unbranched alkanes of at least 4 members (excludes halogenated alkanes) is 1. The van der Waals surface area contributed by atoms with Crippen LogP contribution in [0.15, 0.2) is 76.1 Å². The van der Waals surface area contributed by atoms with Gasteiger partial charge in [0.25, 0.3) is 5.91 Å². The molecule has 0 radical (unpaired) electrons. The van der Waals surface area contributed by atoms with Gasteiger partial charge >= 0.3 is 0 Å². The van der Waals surface area contributed by atoms with Gasteiger partial charge in [-0.2, -0.15) is 0 Å². The van der Waals surface area contributed by atoms with Crippen LogP contribution in [0.2, 0.25) is 0 Å². The molecule has 0 spiro atoms. The topological polar surface area (TPSA) is 72.6 Å². The number of nitrogens with zero attached hydrogens (tertiary/aromatic N) is 2. The number of hydrogen-bond donors (Lipinski definition) is 0. The molecule has 1 aliphatic rings. The lowest BCUT2D eigenvalue weighted by Gasteiger charge is -2.24. The number of aromatic nitrogens is 1. The molecule has 1 atom stereocenters. The average Bonchev–Trinajstić information content (AvgIpc) is 3.13. The van der Waals surface area contributed by atoms with Gasteiger partial charge in [-0.1, -0.05) is 43.7 Å². The monoisotopic (exact) mass is 440 g/mol. The van der Waals surface area contributed by atoms with E-state index in [9.17, 15) is 9.59 Å². The molecule has 166 valence electrons. The van der Waals surface area contributed by atoms with E-state index >= 15 is 0 Å². The largest absolute Gasteiger partial charge is 0.494 e. The zero-order chi connectivity index (χ0) is 22.9. The lowest BCUT2D eigenvalue weighted by atomic mass is 9.98. The SMILES string of the molecule is CCCCOc1cccc([C@@H]2c3c(oc4ccccc4c3=O)C(=O)N2c2ccc(C)cn2)c1. The molecule has 33 heavy (non-hydrogen) atoms. The van der Waals surface area contributed by atoms with Crippen LogP contribution in [-0.2, 0) is 0 Å². The van der Waals surface area contributed by atoms with Crippen molar-refractivity contribution in [1.82, 2.24) is 4.98 Å². The minimum Gasteiger partial charge on any atom is -0.494 e. The molecule has 6 nitrogen and oxygen atoms in total. The smallest absolute Gasteiger partial charge is 0.296 e. The third-order valence-electron chi connectivity index (χ3n) is 5.86. The maximum Gasteiger partial charge on any atom is 0.296 e. The Kier molecular flexibility index (Phi) is 5.42. The number of carbonyl (C=O) groups excluding carboxylic acids is 1. The maximum atomic E-state index is 13.6. The lowest BCUT2D eigenvalue weighted by Crippen LogP contribution is -2.30.